The number of amides is 1. The van der Waals surface area contributed by atoms with Gasteiger partial charge in [-0.3, -0.25) is 9.59 Å². The highest BCUT2D eigenvalue weighted by atomic mass is 16.1. The van der Waals surface area contributed by atoms with Crippen LogP contribution < -0.4 is 16.1 Å². The van der Waals surface area contributed by atoms with Crippen molar-refractivity contribution in [2.45, 2.75) is 80.2 Å². The molecule has 1 amide bonds. The maximum atomic E-state index is 12.7. The quantitative estimate of drug-likeness (QED) is 0.640. The maximum Gasteiger partial charge on any atom is 0.251 e. The molecule has 1 aromatic carbocycles. The standard InChI is InChI=1S/C20H27N3O2.C7H14/c1-7-21-18-9-12(2)8-16(14(18)4)20(25)22-11-17-15(5)23(6)13(3)10-19(17)24;1-7-5-3-2-4-6-7/h8-10,21H,7,11H2,1-6H3,(H,22,25);7H,2-6H2,1H3. The number of benzene rings is 1. The Morgan fingerprint density at radius 3 is 2.28 bits per heavy atom. The predicted molar refractivity (Wildman–Crippen MR) is 135 cm³/mol. The van der Waals surface area contributed by atoms with Crippen molar-refractivity contribution in [3.8, 4) is 0 Å². The first-order valence-electron chi connectivity index (χ1n) is 11.9. The van der Waals surface area contributed by atoms with Crippen LogP contribution in [0, 0.1) is 33.6 Å². The Bertz CT molecular complexity index is 985. The van der Waals surface area contributed by atoms with Gasteiger partial charge in [0.15, 0.2) is 5.43 Å². The minimum atomic E-state index is -0.164. The van der Waals surface area contributed by atoms with Crippen molar-refractivity contribution in [3.05, 3.63) is 62.1 Å². The lowest BCUT2D eigenvalue weighted by atomic mass is 9.91. The van der Waals surface area contributed by atoms with Crippen LogP contribution in [-0.2, 0) is 13.6 Å². The highest BCUT2D eigenvalue weighted by Gasteiger charge is 2.15. The molecule has 0 saturated heterocycles. The fourth-order valence-corrected chi connectivity index (χ4v) is 4.27. The predicted octanol–water partition coefficient (Wildman–Crippen LogP) is 5.57. The van der Waals surface area contributed by atoms with Gasteiger partial charge in [-0.2, -0.15) is 0 Å². The van der Waals surface area contributed by atoms with Crippen LogP contribution in [0.3, 0.4) is 0 Å². The van der Waals surface area contributed by atoms with Crippen molar-refractivity contribution < 1.29 is 4.79 Å². The molecular formula is C27H41N3O2. The molecular weight excluding hydrogens is 398 g/mol. The van der Waals surface area contributed by atoms with E-state index in [4.69, 9.17) is 0 Å². The first kappa shape index (κ1) is 25.7. The molecule has 0 bridgehead atoms. The Kier molecular flexibility index (Phi) is 9.55. The fraction of sp³-hybridized carbons (Fsp3) is 0.556. The van der Waals surface area contributed by atoms with Crippen LogP contribution in [0.25, 0.3) is 0 Å². The average Bonchev–Trinajstić information content (AvgIpc) is 2.75. The van der Waals surface area contributed by atoms with Gasteiger partial charge in [0.1, 0.15) is 0 Å². The number of nitrogens with zero attached hydrogens (tertiary/aromatic N) is 1. The number of hydrogen-bond donors (Lipinski definition) is 2. The van der Waals surface area contributed by atoms with E-state index in [9.17, 15) is 9.59 Å². The Morgan fingerprint density at radius 1 is 1.06 bits per heavy atom. The summed E-state index contributed by atoms with van der Waals surface area (Å²) in [5, 5.41) is 6.19. The van der Waals surface area contributed by atoms with Gasteiger partial charge in [-0.25, -0.2) is 0 Å². The fourth-order valence-electron chi connectivity index (χ4n) is 4.27. The molecule has 1 saturated carbocycles. The SMILES string of the molecule is CC1CCCCC1.CCNc1cc(C)cc(C(=O)NCc2c(C)n(C)c(C)cc2=O)c1C. The van der Waals surface area contributed by atoms with E-state index in [1.54, 1.807) is 6.07 Å². The molecule has 1 fully saturated rings. The van der Waals surface area contributed by atoms with Gasteiger partial charge in [0, 0.05) is 54.4 Å². The number of hydrogen-bond acceptors (Lipinski definition) is 3. The van der Waals surface area contributed by atoms with E-state index < -0.39 is 0 Å². The minimum absolute atomic E-state index is 0.0392. The first-order valence-corrected chi connectivity index (χ1v) is 11.9. The van der Waals surface area contributed by atoms with Crippen LogP contribution in [0.15, 0.2) is 23.0 Å². The van der Waals surface area contributed by atoms with Crippen LogP contribution in [0.2, 0.25) is 0 Å². The smallest absolute Gasteiger partial charge is 0.251 e. The van der Waals surface area contributed by atoms with Crippen LogP contribution >= 0.6 is 0 Å². The van der Waals surface area contributed by atoms with Crippen molar-refractivity contribution in [1.82, 2.24) is 9.88 Å². The molecule has 5 nitrogen and oxygen atoms in total. The summed E-state index contributed by atoms with van der Waals surface area (Å²) in [7, 11) is 1.92. The average molecular weight is 440 g/mol. The van der Waals surface area contributed by atoms with E-state index in [2.05, 4.69) is 17.6 Å². The number of anilines is 1. The minimum Gasteiger partial charge on any atom is -0.385 e. The van der Waals surface area contributed by atoms with Gasteiger partial charge in [-0.05, 0) is 63.8 Å². The third-order valence-electron chi connectivity index (χ3n) is 6.59. The summed E-state index contributed by atoms with van der Waals surface area (Å²) in [6.45, 7) is 13.1. The number of pyridine rings is 1. The number of nitrogens with one attached hydrogen (secondary N) is 2. The Balaban J connectivity index is 0.000000439. The van der Waals surface area contributed by atoms with Crippen molar-refractivity contribution in [2.24, 2.45) is 13.0 Å². The second-order valence-corrected chi connectivity index (χ2v) is 9.21. The van der Waals surface area contributed by atoms with Gasteiger partial charge in [-0.1, -0.05) is 39.0 Å². The third kappa shape index (κ3) is 6.72. The zero-order chi connectivity index (χ0) is 23.8. The normalized spacial score (nSPS) is 13.8. The lowest BCUT2D eigenvalue weighted by Crippen LogP contribution is -2.29. The summed E-state index contributed by atoms with van der Waals surface area (Å²) in [5.41, 5.74) is 5.91. The van der Waals surface area contributed by atoms with Crippen LogP contribution in [0.1, 0.15) is 84.4 Å². The molecule has 0 spiro atoms. The molecule has 1 heterocycles. The highest BCUT2D eigenvalue weighted by Crippen LogP contribution is 2.22. The van der Waals surface area contributed by atoms with Gasteiger partial charge in [0.2, 0.25) is 0 Å². The molecule has 32 heavy (non-hydrogen) atoms. The van der Waals surface area contributed by atoms with E-state index in [1.807, 2.05) is 58.4 Å². The molecule has 0 atom stereocenters. The van der Waals surface area contributed by atoms with Crippen molar-refractivity contribution in [1.29, 1.82) is 0 Å². The largest absolute Gasteiger partial charge is 0.385 e. The molecule has 1 aliphatic rings. The van der Waals surface area contributed by atoms with Gasteiger partial charge in [-0.15, -0.1) is 0 Å². The number of rotatable bonds is 5. The van der Waals surface area contributed by atoms with E-state index >= 15 is 0 Å². The zero-order valence-electron chi connectivity index (χ0n) is 21.0. The van der Waals surface area contributed by atoms with Gasteiger partial charge in [0.25, 0.3) is 5.91 Å². The molecule has 1 aromatic heterocycles. The van der Waals surface area contributed by atoms with E-state index in [0.29, 0.717) is 11.1 Å². The maximum absolute atomic E-state index is 12.7. The number of aryl methyl sites for hydroxylation is 2. The van der Waals surface area contributed by atoms with E-state index in [-0.39, 0.29) is 17.9 Å². The summed E-state index contributed by atoms with van der Waals surface area (Å²) in [6, 6.07) is 5.52. The Labute approximate surface area is 193 Å². The first-order chi connectivity index (χ1) is 15.1. The van der Waals surface area contributed by atoms with Crippen molar-refractivity contribution in [2.75, 3.05) is 11.9 Å². The summed E-state index contributed by atoms with van der Waals surface area (Å²) in [6.07, 6.45) is 7.44. The van der Waals surface area contributed by atoms with Crippen LogP contribution in [0.4, 0.5) is 5.69 Å². The monoisotopic (exact) mass is 439 g/mol. The topological polar surface area (TPSA) is 63.1 Å². The molecule has 0 radical (unpaired) electrons. The van der Waals surface area contributed by atoms with Gasteiger partial charge < -0.3 is 15.2 Å². The second-order valence-electron chi connectivity index (χ2n) is 9.21. The molecule has 2 N–H and O–H groups in total. The summed E-state index contributed by atoms with van der Waals surface area (Å²) >= 11 is 0. The molecule has 2 aromatic rings. The van der Waals surface area contributed by atoms with Crippen molar-refractivity contribution >= 4 is 11.6 Å². The van der Waals surface area contributed by atoms with Crippen molar-refractivity contribution in [3.63, 3.8) is 0 Å². The zero-order valence-corrected chi connectivity index (χ0v) is 21.0. The highest BCUT2D eigenvalue weighted by molar-refractivity contribution is 5.97. The summed E-state index contributed by atoms with van der Waals surface area (Å²) in [4.78, 5) is 24.9. The molecule has 5 heteroatoms. The van der Waals surface area contributed by atoms with Crippen LogP contribution in [0.5, 0.6) is 0 Å². The molecule has 3 rings (SSSR count). The van der Waals surface area contributed by atoms with Gasteiger partial charge in [0.05, 0.1) is 0 Å². The second kappa shape index (κ2) is 11.9. The molecule has 1 aliphatic carbocycles. The molecule has 0 unspecified atom stereocenters. The van der Waals surface area contributed by atoms with Crippen LogP contribution in [-0.4, -0.2) is 17.0 Å². The summed E-state index contributed by atoms with van der Waals surface area (Å²) in [5.74, 6) is 0.871. The number of carbonyl (C=O) groups is 1. The molecule has 176 valence electrons. The summed E-state index contributed by atoms with van der Waals surface area (Å²) < 4.78 is 1.96. The lowest BCUT2D eigenvalue weighted by Gasteiger charge is -2.16. The third-order valence-corrected chi connectivity index (χ3v) is 6.59. The van der Waals surface area contributed by atoms with E-state index in [1.165, 1.54) is 32.1 Å². The number of aromatic nitrogens is 1. The lowest BCUT2D eigenvalue weighted by molar-refractivity contribution is 0.0950. The molecule has 0 aliphatic heterocycles. The Hall–Kier alpha value is -2.56. The number of carbonyl (C=O) groups excluding carboxylic acids is 1. The Morgan fingerprint density at radius 2 is 1.72 bits per heavy atom. The van der Waals surface area contributed by atoms with Gasteiger partial charge >= 0.3 is 0 Å². The van der Waals surface area contributed by atoms with E-state index in [0.717, 1.165) is 40.7 Å².